The molecule has 0 spiro atoms. The molecule has 0 aromatic rings. The topological polar surface area (TPSA) is 32.3 Å². The fraction of sp³-hybridized carbons (Fsp3) is 0.909. The van der Waals surface area contributed by atoms with Crippen molar-refractivity contribution in [3.63, 3.8) is 0 Å². The van der Waals surface area contributed by atoms with Crippen LogP contribution in [0.25, 0.3) is 0 Å². The summed E-state index contributed by atoms with van der Waals surface area (Å²) in [5, 5.41) is 2.99. The molecule has 2 fully saturated rings. The molecule has 1 saturated carbocycles. The van der Waals surface area contributed by atoms with Crippen molar-refractivity contribution in [3.8, 4) is 0 Å². The highest BCUT2D eigenvalue weighted by atomic mass is 16.1. The van der Waals surface area contributed by atoms with E-state index in [9.17, 15) is 4.79 Å². The first-order valence-electron chi connectivity index (χ1n) is 5.85. The Balaban J connectivity index is 1.94. The van der Waals surface area contributed by atoms with Crippen LogP contribution >= 0.6 is 0 Å². The van der Waals surface area contributed by atoms with Gasteiger partial charge in [-0.3, -0.25) is 9.69 Å². The maximum Gasteiger partial charge on any atom is 0.207 e. The number of hydrogen-bond donors (Lipinski definition) is 1. The van der Waals surface area contributed by atoms with Crippen molar-refractivity contribution in [1.82, 2.24) is 10.2 Å². The molecule has 0 radical (unpaired) electrons. The quantitative estimate of drug-likeness (QED) is 0.686. The molecule has 0 bridgehead atoms. The van der Waals surface area contributed by atoms with Crippen LogP contribution in [0, 0.1) is 0 Å². The molecule has 1 amide bonds. The van der Waals surface area contributed by atoms with Gasteiger partial charge < -0.3 is 5.32 Å². The second-order valence-corrected chi connectivity index (χ2v) is 4.49. The lowest BCUT2D eigenvalue weighted by Crippen LogP contribution is -2.50. The number of likely N-dealkylation sites (tertiary alicyclic amines) is 1. The van der Waals surface area contributed by atoms with E-state index in [1.54, 1.807) is 0 Å². The van der Waals surface area contributed by atoms with Gasteiger partial charge in [-0.2, -0.15) is 0 Å². The Labute approximate surface area is 85.8 Å². The summed E-state index contributed by atoms with van der Waals surface area (Å²) >= 11 is 0. The molecule has 3 heteroatoms. The maximum absolute atomic E-state index is 10.5. The zero-order valence-electron chi connectivity index (χ0n) is 8.74. The summed E-state index contributed by atoms with van der Waals surface area (Å²) in [6, 6.07) is 1.04. The summed E-state index contributed by atoms with van der Waals surface area (Å²) in [7, 11) is 0. The van der Waals surface area contributed by atoms with Crippen LogP contribution in [0.3, 0.4) is 0 Å². The van der Waals surface area contributed by atoms with Gasteiger partial charge in [-0.05, 0) is 38.8 Å². The van der Waals surface area contributed by atoms with Gasteiger partial charge in [-0.25, -0.2) is 0 Å². The Hall–Kier alpha value is -0.570. The van der Waals surface area contributed by atoms with E-state index in [2.05, 4.69) is 10.2 Å². The number of amides is 1. The normalized spacial score (nSPS) is 34.3. The largest absolute Gasteiger partial charge is 0.354 e. The van der Waals surface area contributed by atoms with E-state index in [1.807, 2.05) is 0 Å². The number of nitrogens with one attached hydrogen (secondary N) is 1. The second-order valence-electron chi connectivity index (χ2n) is 4.49. The van der Waals surface area contributed by atoms with Gasteiger partial charge >= 0.3 is 0 Å². The molecular formula is C11H20N2O. The Morgan fingerprint density at radius 1 is 1.07 bits per heavy atom. The van der Waals surface area contributed by atoms with Crippen LogP contribution in [-0.2, 0) is 4.79 Å². The third-order valence-corrected chi connectivity index (χ3v) is 3.62. The first-order valence-corrected chi connectivity index (χ1v) is 5.85. The average molecular weight is 196 g/mol. The molecule has 3 nitrogen and oxygen atoms in total. The van der Waals surface area contributed by atoms with Crippen molar-refractivity contribution < 1.29 is 4.79 Å². The molecule has 2 rings (SSSR count). The van der Waals surface area contributed by atoms with Gasteiger partial charge in [0.15, 0.2) is 0 Å². The molecule has 1 heterocycles. The van der Waals surface area contributed by atoms with E-state index in [-0.39, 0.29) is 0 Å². The number of hydrogen-bond acceptors (Lipinski definition) is 2. The average Bonchev–Trinajstić information content (AvgIpc) is 2.72. The molecule has 1 saturated heterocycles. The summed E-state index contributed by atoms with van der Waals surface area (Å²) in [6.45, 7) is 2.48. The highest BCUT2D eigenvalue weighted by Gasteiger charge is 2.30. The van der Waals surface area contributed by atoms with Crippen molar-refractivity contribution in [2.24, 2.45) is 0 Å². The Kier molecular flexibility index (Phi) is 3.40. The fourth-order valence-corrected chi connectivity index (χ4v) is 2.90. The summed E-state index contributed by atoms with van der Waals surface area (Å²) in [5.41, 5.74) is 0. The maximum atomic E-state index is 10.5. The van der Waals surface area contributed by atoms with E-state index in [0.29, 0.717) is 12.1 Å². The van der Waals surface area contributed by atoms with Crippen molar-refractivity contribution in [1.29, 1.82) is 0 Å². The SMILES string of the molecule is O=CN[C@@H]1CCCC[C@@H]1N1CCCC1. The Morgan fingerprint density at radius 3 is 2.50 bits per heavy atom. The van der Waals surface area contributed by atoms with Crippen LogP contribution in [-0.4, -0.2) is 36.5 Å². The smallest absolute Gasteiger partial charge is 0.207 e. The molecule has 0 aromatic carbocycles. The summed E-state index contributed by atoms with van der Waals surface area (Å²) < 4.78 is 0. The molecular weight excluding hydrogens is 176 g/mol. The van der Waals surface area contributed by atoms with Crippen LogP contribution in [0.5, 0.6) is 0 Å². The summed E-state index contributed by atoms with van der Waals surface area (Å²) in [6.07, 6.45) is 8.59. The Morgan fingerprint density at radius 2 is 1.79 bits per heavy atom. The number of carbonyl (C=O) groups is 1. The fourth-order valence-electron chi connectivity index (χ4n) is 2.90. The van der Waals surface area contributed by atoms with Crippen LogP contribution in [0.2, 0.25) is 0 Å². The lowest BCUT2D eigenvalue weighted by Gasteiger charge is -2.37. The monoisotopic (exact) mass is 196 g/mol. The highest BCUT2D eigenvalue weighted by Crippen LogP contribution is 2.25. The van der Waals surface area contributed by atoms with Gasteiger partial charge in [0.25, 0.3) is 0 Å². The van der Waals surface area contributed by atoms with E-state index < -0.39 is 0 Å². The molecule has 14 heavy (non-hydrogen) atoms. The summed E-state index contributed by atoms with van der Waals surface area (Å²) in [5.74, 6) is 0. The third kappa shape index (κ3) is 2.08. The third-order valence-electron chi connectivity index (χ3n) is 3.62. The minimum Gasteiger partial charge on any atom is -0.354 e. The number of carbonyl (C=O) groups excluding carboxylic acids is 1. The van der Waals surface area contributed by atoms with E-state index in [1.165, 1.54) is 51.6 Å². The van der Waals surface area contributed by atoms with Gasteiger partial charge in [-0.15, -0.1) is 0 Å². The molecule has 80 valence electrons. The van der Waals surface area contributed by atoms with Gasteiger partial charge in [0, 0.05) is 12.1 Å². The van der Waals surface area contributed by atoms with Crippen molar-refractivity contribution >= 4 is 6.41 Å². The first-order chi connectivity index (χ1) is 6.92. The first kappa shape index (κ1) is 9.97. The molecule has 2 aliphatic rings. The van der Waals surface area contributed by atoms with Crippen molar-refractivity contribution in [3.05, 3.63) is 0 Å². The zero-order valence-corrected chi connectivity index (χ0v) is 8.74. The lowest BCUT2D eigenvalue weighted by atomic mass is 9.89. The summed E-state index contributed by atoms with van der Waals surface area (Å²) in [4.78, 5) is 13.1. The van der Waals surface area contributed by atoms with E-state index in [4.69, 9.17) is 0 Å². The van der Waals surface area contributed by atoms with Gasteiger partial charge in [0.2, 0.25) is 6.41 Å². The van der Waals surface area contributed by atoms with E-state index >= 15 is 0 Å². The minimum atomic E-state index is 0.416. The van der Waals surface area contributed by atoms with Gasteiger partial charge in [0.1, 0.15) is 0 Å². The zero-order chi connectivity index (χ0) is 9.80. The predicted octanol–water partition coefficient (Wildman–Crippen LogP) is 1.14. The molecule has 0 unspecified atom stereocenters. The minimum absolute atomic E-state index is 0.416. The molecule has 0 aromatic heterocycles. The Bertz CT molecular complexity index is 190. The molecule has 2 atom stereocenters. The molecule has 1 aliphatic heterocycles. The van der Waals surface area contributed by atoms with Crippen LogP contribution in [0.15, 0.2) is 0 Å². The van der Waals surface area contributed by atoms with Crippen LogP contribution in [0.1, 0.15) is 38.5 Å². The standard InChI is InChI=1S/C11H20N2O/c14-9-12-10-5-1-2-6-11(10)13-7-3-4-8-13/h9-11H,1-8H2,(H,12,14)/t10-,11+/m1/s1. The second kappa shape index (κ2) is 4.78. The van der Waals surface area contributed by atoms with Crippen molar-refractivity contribution in [2.75, 3.05) is 13.1 Å². The highest BCUT2D eigenvalue weighted by molar-refractivity contribution is 5.47. The van der Waals surface area contributed by atoms with E-state index in [0.717, 1.165) is 6.41 Å². The number of rotatable bonds is 3. The van der Waals surface area contributed by atoms with Gasteiger partial charge in [0.05, 0.1) is 0 Å². The lowest BCUT2D eigenvalue weighted by molar-refractivity contribution is -0.110. The molecule has 1 aliphatic carbocycles. The number of nitrogens with zero attached hydrogens (tertiary/aromatic N) is 1. The molecule has 1 N–H and O–H groups in total. The predicted molar refractivity (Wildman–Crippen MR) is 56.1 cm³/mol. The van der Waals surface area contributed by atoms with Crippen LogP contribution < -0.4 is 5.32 Å². The van der Waals surface area contributed by atoms with Crippen molar-refractivity contribution in [2.45, 2.75) is 50.6 Å². The van der Waals surface area contributed by atoms with Crippen LogP contribution in [0.4, 0.5) is 0 Å². The van der Waals surface area contributed by atoms with Gasteiger partial charge in [-0.1, -0.05) is 12.8 Å².